The van der Waals surface area contributed by atoms with Crippen LogP contribution in [0.25, 0.3) is 10.9 Å². The van der Waals surface area contributed by atoms with Crippen LogP contribution >= 0.6 is 15.9 Å². The van der Waals surface area contributed by atoms with Gasteiger partial charge in [-0.05, 0) is 37.1 Å². The molecular weight excluding hydrogens is 316 g/mol. The smallest absolute Gasteiger partial charge is 0.222 e. The quantitative estimate of drug-likeness (QED) is 0.905. The van der Waals surface area contributed by atoms with E-state index in [0.29, 0.717) is 12.5 Å². The van der Waals surface area contributed by atoms with E-state index in [1.165, 1.54) is 23.7 Å². The molecule has 20 heavy (non-hydrogen) atoms. The number of nitrogens with zero attached hydrogens (tertiary/aromatic N) is 1. The molecule has 1 aliphatic rings. The SMILES string of the molecule is O=C(CCn1ccc2cc(Br)ccc21)NC1CCCC1. The van der Waals surface area contributed by atoms with Crippen molar-refractivity contribution in [1.29, 1.82) is 0 Å². The summed E-state index contributed by atoms with van der Waals surface area (Å²) in [4.78, 5) is 12.0. The average Bonchev–Trinajstić information content (AvgIpc) is 3.05. The number of fused-ring (bicyclic) bond motifs is 1. The maximum absolute atomic E-state index is 12.0. The number of carbonyl (C=O) groups excluding carboxylic acids is 1. The molecule has 0 radical (unpaired) electrons. The number of hydrogen-bond acceptors (Lipinski definition) is 1. The minimum absolute atomic E-state index is 0.177. The second-order valence-electron chi connectivity index (χ2n) is 5.51. The molecule has 1 N–H and O–H groups in total. The molecule has 1 aliphatic carbocycles. The average molecular weight is 335 g/mol. The van der Waals surface area contributed by atoms with Gasteiger partial charge in [0.05, 0.1) is 0 Å². The van der Waals surface area contributed by atoms with Gasteiger partial charge < -0.3 is 9.88 Å². The minimum Gasteiger partial charge on any atom is -0.353 e. The molecule has 0 aliphatic heterocycles. The Hall–Kier alpha value is -1.29. The lowest BCUT2D eigenvalue weighted by molar-refractivity contribution is -0.121. The first-order chi connectivity index (χ1) is 9.72. The minimum atomic E-state index is 0.177. The van der Waals surface area contributed by atoms with Gasteiger partial charge in [0.1, 0.15) is 0 Å². The van der Waals surface area contributed by atoms with E-state index in [4.69, 9.17) is 0 Å². The summed E-state index contributed by atoms with van der Waals surface area (Å²) in [5, 5.41) is 4.34. The lowest BCUT2D eigenvalue weighted by atomic mass is 10.2. The first-order valence-electron chi connectivity index (χ1n) is 7.26. The van der Waals surface area contributed by atoms with Crippen molar-refractivity contribution >= 4 is 32.7 Å². The Kier molecular flexibility index (Phi) is 4.10. The summed E-state index contributed by atoms with van der Waals surface area (Å²) in [5.74, 6) is 0.177. The van der Waals surface area contributed by atoms with Crippen molar-refractivity contribution in [2.45, 2.75) is 44.7 Å². The van der Waals surface area contributed by atoms with Gasteiger partial charge in [0.25, 0.3) is 0 Å². The second kappa shape index (κ2) is 6.00. The van der Waals surface area contributed by atoms with Gasteiger partial charge in [-0.25, -0.2) is 0 Å². The molecule has 0 bridgehead atoms. The molecule has 1 fully saturated rings. The van der Waals surface area contributed by atoms with Crippen LogP contribution in [0.4, 0.5) is 0 Å². The van der Waals surface area contributed by atoms with Gasteiger partial charge in [0.15, 0.2) is 0 Å². The number of benzene rings is 1. The van der Waals surface area contributed by atoms with E-state index >= 15 is 0 Å². The Balaban J connectivity index is 1.60. The zero-order valence-corrected chi connectivity index (χ0v) is 13.0. The van der Waals surface area contributed by atoms with E-state index < -0.39 is 0 Å². The van der Waals surface area contributed by atoms with E-state index in [2.05, 4.69) is 50.2 Å². The fourth-order valence-corrected chi connectivity index (χ4v) is 3.34. The first-order valence-corrected chi connectivity index (χ1v) is 8.05. The van der Waals surface area contributed by atoms with Crippen LogP contribution in [0.15, 0.2) is 34.9 Å². The molecule has 2 aromatic rings. The van der Waals surface area contributed by atoms with E-state index in [1.54, 1.807) is 0 Å². The number of nitrogens with one attached hydrogen (secondary N) is 1. The molecule has 1 aromatic heterocycles. The Morgan fingerprint density at radius 3 is 2.90 bits per heavy atom. The molecule has 1 amide bonds. The highest BCUT2D eigenvalue weighted by molar-refractivity contribution is 9.10. The molecule has 106 valence electrons. The molecule has 3 nitrogen and oxygen atoms in total. The van der Waals surface area contributed by atoms with Crippen LogP contribution in [0.1, 0.15) is 32.1 Å². The Labute approximate surface area is 127 Å². The highest BCUT2D eigenvalue weighted by atomic mass is 79.9. The molecule has 1 saturated carbocycles. The summed E-state index contributed by atoms with van der Waals surface area (Å²) in [6.07, 6.45) is 7.40. The predicted molar refractivity (Wildman–Crippen MR) is 84.7 cm³/mol. The molecule has 4 heteroatoms. The topological polar surface area (TPSA) is 34.0 Å². The monoisotopic (exact) mass is 334 g/mol. The lowest BCUT2D eigenvalue weighted by Gasteiger charge is -2.12. The Bertz CT molecular complexity index is 614. The van der Waals surface area contributed by atoms with Crippen molar-refractivity contribution in [3.8, 4) is 0 Å². The zero-order chi connectivity index (χ0) is 13.9. The molecule has 0 spiro atoms. The molecule has 1 aromatic carbocycles. The third-order valence-electron chi connectivity index (χ3n) is 4.03. The number of amides is 1. The fourth-order valence-electron chi connectivity index (χ4n) is 2.96. The standard InChI is InChI=1S/C16H19BrN2O/c17-13-5-6-15-12(11-13)7-9-19(15)10-8-16(20)18-14-3-1-2-4-14/h5-7,9,11,14H,1-4,8,10H2,(H,18,20). The summed E-state index contributed by atoms with van der Waals surface area (Å²) in [6.45, 7) is 0.740. The second-order valence-corrected chi connectivity index (χ2v) is 6.43. The largest absolute Gasteiger partial charge is 0.353 e. The number of carbonyl (C=O) groups is 1. The van der Waals surface area contributed by atoms with Crippen LogP contribution in [0.5, 0.6) is 0 Å². The van der Waals surface area contributed by atoms with Crippen LogP contribution in [0, 0.1) is 0 Å². The summed E-state index contributed by atoms with van der Waals surface area (Å²) in [6, 6.07) is 8.74. The summed E-state index contributed by atoms with van der Waals surface area (Å²) >= 11 is 3.48. The highest BCUT2D eigenvalue weighted by Gasteiger charge is 2.16. The van der Waals surface area contributed by atoms with Crippen LogP contribution in [-0.2, 0) is 11.3 Å². The molecule has 1 heterocycles. The Morgan fingerprint density at radius 2 is 2.10 bits per heavy atom. The van der Waals surface area contributed by atoms with Crippen molar-refractivity contribution in [2.75, 3.05) is 0 Å². The molecule has 3 rings (SSSR count). The van der Waals surface area contributed by atoms with Crippen molar-refractivity contribution in [2.24, 2.45) is 0 Å². The molecule has 0 atom stereocenters. The fraction of sp³-hybridized carbons (Fsp3) is 0.438. The van der Waals surface area contributed by atoms with Gasteiger partial charge in [-0.3, -0.25) is 4.79 Å². The van der Waals surface area contributed by atoms with Gasteiger partial charge in [0.2, 0.25) is 5.91 Å². The Morgan fingerprint density at radius 1 is 1.30 bits per heavy atom. The normalized spacial score (nSPS) is 15.8. The zero-order valence-electron chi connectivity index (χ0n) is 11.4. The number of hydrogen-bond donors (Lipinski definition) is 1. The van der Waals surface area contributed by atoms with Gasteiger partial charge >= 0.3 is 0 Å². The molecule has 0 saturated heterocycles. The first kappa shape index (κ1) is 13.7. The lowest BCUT2D eigenvalue weighted by Crippen LogP contribution is -2.33. The third kappa shape index (κ3) is 3.06. The molecule has 0 unspecified atom stereocenters. The maximum atomic E-state index is 12.0. The van der Waals surface area contributed by atoms with Crippen molar-refractivity contribution in [3.63, 3.8) is 0 Å². The van der Waals surface area contributed by atoms with Gasteiger partial charge in [0, 0.05) is 40.6 Å². The third-order valence-corrected chi connectivity index (χ3v) is 4.53. The summed E-state index contributed by atoms with van der Waals surface area (Å²) < 4.78 is 3.23. The van der Waals surface area contributed by atoms with E-state index in [9.17, 15) is 4.79 Å². The summed E-state index contributed by atoms with van der Waals surface area (Å²) in [7, 11) is 0. The highest BCUT2D eigenvalue weighted by Crippen LogP contribution is 2.21. The number of rotatable bonds is 4. The van der Waals surface area contributed by atoms with Gasteiger partial charge in [-0.2, -0.15) is 0 Å². The summed E-state index contributed by atoms with van der Waals surface area (Å²) in [5.41, 5.74) is 1.18. The van der Waals surface area contributed by atoms with Crippen LogP contribution in [0.2, 0.25) is 0 Å². The number of aromatic nitrogens is 1. The van der Waals surface area contributed by atoms with Crippen molar-refractivity contribution in [1.82, 2.24) is 9.88 Å². The predicted octanol–water partition coefficient (Wildman–Crippen LogP) is 3.85. The van der Waals surface area contributed by atoms with Gasteiger partial charge in [-0.15, -0.1) is 0 Å². The van der Waals surface area contributed by atoms with E-state index in [-0.39, 0.29) is 5.91 Å². The number of aryl methyl sites for hydroxylation is 1. The van der Waals surface area contributed by atoms with Crippen LogP contribution in [0.3, 0.4) is 0 Å². The van der Waals surface area contributed by atoms with Crippen molar-refractivity contribution in [3.05, 3.63) is 34.9 Å². The van der Waals surface area contributed by atoms with Crippen LogP contribution < -0.4 is 5.32 Å². The maximum Gasteiger partial charge on any atom is 0.222 e. The van der Waals surface area contributed by atoms with E-state index in [0.717, 1.165) is 23.9 Å². The van der Waals surface area contributed by atoms with Crippen molar-refractivity contribution < 1.29 is 4.79 Å². The molecular formula is C16H19BrN2O. The number of halogens is 1. The van der Waals surface area contributed by atoms with E-state index in [1.807, 2.05) is 6.07 Å². The van der Waals surface area contributed by atoms with Crippen LogP contribution in [-0.4, -0.2) is 16.5 Å². The van der Waals surface area contributed by atoms with Gasteiger partial charge in [-0.1, -0.05) is 28.8 Å².